The summed E-state index contributed by atoms with van der Waals surface area (Å²) < 4.78 is 39.1. The standard InChI is InChI=1S/C24H19N3O4S/c1-30-20-9-8-17(15-21(20)31-2)18-10-13-26-24-19(18)11-14-27(24)32(28,29)22-7-3-5-16-6-4-12-25-23(16)22/h3-15H,1-2H3. The Morgan fingerprint density at radius 1 is 0.844 bits per heavy atom. The molecule has 0 aliphatic rings. The highest BCUT2D eigenvalue weighted by molar-refractivity contribution is 7.90. The molecule has 3 aromatic heterocycles. The molecule has 32 heavy (non-hydrogen) atoms. The zero-order valence-electron chi connectivity index (χ0n) is 17.4. The van der Waals surface area contributed by atoms with Crippen LogP contribution in [0.2, 0.25) is 0 Å². The number of rotatable bonds is 5. The van der Waals surface area contributed by atoms with Crippen molar-refractivity contribution >= 4 is 32.0 Å². The van der Waals surface area contributed by atoms with Gasteiger partial charge in [-0.1, -0.05) is 24.3 Å². The maximum atomic E-state index is 13.6. The van der Waals surface area contributed by atoms with E-state index in [4.69, 9.17) is 9.47 Å². The Morgan fingerprint density at radius 3 is 2.47 bits per heavy atom. The van der Waals surface area contributed by atoms with Crippen LogP contribution in [-0.4, -0.2) is 36.6 Å². The molecule has 3 heterocycles. The minimum Gasteiger partial charge on any atom is -0.493 e. The summed E-state index contributed by atoms with van der Waals surface area (Å²) in [6, 6.07) is 17.9. The van der Waals surface area contributed by atoms with Crippen LogP contribution in [0, 0.1) is 0 Å². The summed E-state index contributed by atoms with van der Waals surface area (Å²) in [6.45, 7) is 0. The van der Waals surface area contributed by atoms with Crippen LogP contribution in [0.4, 0.5) is 0 Å². The van der Waals surface area contributed by atoms with Crippen molar-refractivity contribution in [3.63, 3.8) is 0 Å². The molecule has 0 unspecified atom stereocenters. The number of hydrogen-bond acceptors (Lipinski definition) is 6. The van der Waals surface area contributed by atoms with E-state index in [2.05, 4.69) is 9.97 Å². The molecule has 0 saturated carbocycles. The number of ether oxygens (including phenoxy) is 2. The number of pyridine rings is 2. The largest absolute Gasteiger partial charge is 0.493 e. The predicted molar refractivity (Wildman–Crippen MR) is 123 cm³/mol. The van der Waals surface area contributed by atoms with Crippen LogP contribution in [0.5, 0.6) is 11.5 Å². The molecule has 0 radical (unpaired) electrons. The molecule has 0 amide bonds. The van der Waals surface area contributed by atoms with Gasteiger partial charge in [0, 0.05) is 29.4 Å². The van der Waals surface area contributed by atoms with Crippen LogP contribution >= 0.6 is 0 Å². The van der Waals surface area contributed by atoms with Crippen molar-refractivity contribution in [1.29, 1.82) is 0 Å². The van der Waals surface area contributed by atoms with Gasteiger partial charge in [-0.05, 0) is 47.5 Å². The van der Waals surface area contributed by atoms with E-state index in [-0.39, 0.29) is 4.90 Å². The third-order valence-electron chi connectivity index (χ3n) is 5.38. The second kappa shape index (κ2) is 7.65. The van der Waals surface area contributed by atoms with E-state index in [1.54, 1.807) is 50.9 Å². The normalized spacial score (nSPS) is 11.7. The Morgan fingerprint density at radius 2 is 1.66 bits per heavy atom. The lowest BCUT2D eigenvalue weighted by molar-refractivity contribution is 0.355. The molecule has 7 nitrogen and oxygen atoms in total. The lowest BCUT2D eigenvalue weighted by Gasteiger charge is -2.11. The molecule has 0 aliphatic carbocycles. The van der Waals surface area contributed by atoms with Gasteiger partial charge in [0.2, 0.25) is 0 Å². The van der Waals surface area contributed by atoms with Crippen molar-refractivity contribution in [3.8, 4) is 22.6 Å². The quantitative estimate of drug-likeness (QED) is 0.396. The summed E-state index contributed by atoms with van der Waals surface area (Å²) in [4.78, 5) is 8.81. The molecule has 0 bridgehead atoms. The summed E-state index contributed by atoms with van der Waals surface area (Å²) in [6.07, 6.45) is 4.71. The van der Waals surface area contributed by atoms with Crippen LogP contribution in [0.15, 0.2) is 84.1 Å². The summed E-state index contributed by atoms with van der Waals surface area (Å²) in [5, 5.41) is 1.46. The van der Waals surface area contributed by atoms with E-state index >= 15 is 0 Å². The minimum atomic E-state index is -3.92. The van der Waals surface area contributed by atoms with Crippen LogP contribution in [0.3, 0.4) is 0 Å². The molecule has 0 N–H and O–H groups in total. The van der Waals surface area contributed by atoms with Gasteiger partial charge in [0.25, 0.3) is 10.0 Å². The van der Waals surface area contributed by atoms with Gasteiger partial charge in [-0.2, -0.15) is 0 Å². The number of hydrogen-bond donors (Lipinski definition) is 0. The molecule has 0 aliphatic heterocycles. The first kappa shape index (κ1) is 20.0. The Labute approximate surface area is 184 Å². The van der Waals surface area contributed by atoms with Crippen molar-refractivity contribution in [2.24, 2.45) is 0 Å². The summed E-state index contributed by atoms with van der Waals surface area (Å²) in [5.74, 6) is 1.20. The van der Waals surface area contributed by atoms with Crippen LogP contribution in [0.1, 0.15) is 0 Å². The average molecular weight is 446 g/mol. The van der Waals surface area contributed by atoms with Gasteiger partial charge in [0.1, 0.15) is 4.90 Å². The topological polar surface area (TPSA) is 83.3 Å². The van der Waals surface area contributed by atoms with Crippen molar-refractivity contribution in [3.05, 3.63) is 79.3 Å². The molecular weight excluding hydrogens is 426 g/mol. The number of fused-ring (bicyclic) bond motifs is 2. The smallest absolute Gasteiger partial charge is 0.271 e. The Bertz CT molecular complexity index is 1570. The minimum absolute atomic E-state index is 0.131. The van der Waals surface area contributed by atoms with Crippen molar-refractivity contribution < 1.29 is 17.9 Å². The summed E-state index contributed by atoms with van der Waals surface area (Å²) in [7, 11) is -0.771. The Kier molecular flexibility index (Phi) is 4.79. The van der Waals surface area contributed by atoms with E-state index in [0.717, 1.165) is 16.5 Å². The summed E-state index contributed by atoms with van der Waals surface area (Å²) in [5.41, 5.74) is 2.45. The SMILES string of the molecule is COc1ccc(-c2ccnc3c2ccn3S(=O)(=O)c2cccc3cccnc23)cc1OC. The summed E-state index contributed by atoms with van der Waals surface area (Å²) >= 11 is 0. The van der Waals surface area contributed by atoms with Gasteiger partial charge in [-0.15, -0.1) is 0 Å². The first-order chi connectivity index (χ1) is 15.5. The Balaban J connectivity index is 1.70. The predicted octanol–water partition coefficient (Wildman–Crippen LogP) is 4.51. The number of para-hydroxylation sites is 1. The second-order valence-electron chi connectivity index (χ2n) is 7.11. The van der Waals surface area contributed by atoms with Crippen LogP contribution in [-0.2, 0) is 10.0 Å². The van der Waals surface area contributed by atoms with Gasteiger partial charge in [-0.25, -0.2) is 17.4 Å². The van der Waals surface area contributed by atoms with Gasteiger partial charge < -0.3 is 9.47 Å². The van der Waals surface area contributed by atoms with E-state index in [0.29, 0.717) is 28.0 Å². The van der Waals surface area contributed by atoms with E-state index in [1.807, 2.05) is 36.4 Å². The molecule has 2 aromatic carbocycles. The molecular formula is C24H19N3O4S. The van der Waals surface area contributed by atoms with Crippen molar-refractivity contribution in [2.45, 2.75) is 4.90 Å². The van der Waals surface area contributed by atoms with E-state index in [1.165, 1.54) is 10.2 Å². The van der Waals surface area contributed by atoms with Crippen molar-refractivity contribution in [2.75, 3.05) is 14.2 Å². The maximum absolute atomic E-state index is 13.6. The maximum Gasteiger partial charge on any atom is 0.271 e. The number of methoxy groups -OCH3 is 2. The second-order valence-corrected chi connectivity index (χ2v) is 8.90. The number of benzene rings is 2. The first-order valence-electron chi connectivity index (χ1n) is 9.82. The Hall–Kier alpha value is -3.91. The van der Waals surface area contributed by atoms with Gasteiger partial charge in [0.05, 0.1) is 19.7 Å². The molecule has 160 valence electrons. The fourth-order valence-electron chi connectivity index (χ4n) is 3.85. The highest BCUT2D eigenvalue weighted by Gasteiger charge is 2.23. The molecule has 5 rings (SSSR count). The fourth-order valence-corrected chi connectivity index (χ4v) is 5.33. The number of aromatic nitrogens is 3. The van der Waals surface area contributed by atoms with E-state index in [9.17, 15) is 8.42 Å². The molecule has 0 fully saturated rings. The first-order valence-corrected chi connectivity index (χ1v) is 11.3. The zero-order chi connectivity index (χ0) is 22.3. The fraction of sp³-hybridized carbons (Fsp3) is 0.0833. The number of nitrogens with zero attached hydrogens (tertiary/aromatic N) is 3. The molecule has 0 atom stereocenters. The molecule has 5 aromatic rings. The van der Waals surface area contributed by atoms with Crippen LogP contribution < -0.4 is 9.47 Å². The highest BCUT2D eigenvalue weighted by atomic mass is 32.2. The molecule has 0 spiro atoms. The van der Waals surface area contributed by atoms with Crippen LogP contribution in [0.25, 0.3) is 33.1 Å². The lowest BCUT2D eigenvalue weighted by Crippen LogP contribution is -2.13. The molecule has 0 saturated heterocycles. The van der Waals surface area contributed by atoms with E-state index < -0.39 is 10.0 Å². The average Bonchev–Trinajstić information content (AvgIpc) is 3.28. The van der Waals surface area contributed by atoms with Gasteiger partial charge >= 0.3 is 0 Å². The third kappa shape index (κ3) is 3.07. The van der Waals surface area contributed by atoms with Gasteiger partial charge in [-0.3, -0.25) is 4.98 Å². The van der Waals surface area contributed by atoms with Gasteiger partial charge in [0.15, 0.2) is 17.1 Å². The monoisotopic (exact) mass is 445 g/mol. The third-order valence-corrected chi connectivity index (χ3v) is 7.08. The highest BCUT2D eigenvalue weighted by Crippen LogP contribution is 2.36. The molecule has 8 heteroatoms. The zero-order valence-corrected chi connectivity index (χ0v) is 18.2. The lowest BCUT2D eigenvalue weighted by atomic mass is 10.0. The van der Waals surface area contributed by atoms with Crippen molar-refractivity contribution in [1.82, 2.24) is 13.9 Å².